The number of nitrogens with one attached hydrogen (secondary N) is 1. The van der Waals surface area contributed by atoms with Crippen LogP contribution in [0.1, 0.15) is 30.4 Å². The molecule has 1 N–H and O–H groups in total. The minimum atomic E-state index is -0.157. The highest BCUT2D eigenvalue weighted by atomic mass is 19.1. The molecule has 1 saturated heterocycles. The average Bonchev–Trinajstić information content (AvgIpc) is 2.61. The van der Waals surface area contributed by atoms with Gasteiger partial charge in [-0.1, -0.05) is 49.4 Å². The Labute approximate surface area is 138 Å². The summed E-state index contributed by atoms with van der Waals surface area (Å²) in [5.74, 6) is 0.313. The van der Waals surface area contributed by atoms with Gasteiger partial charge in [0.1, 0.15) is 5.82 Å². The van der Waals surface area contributed by atoms with Gasteiger partial charge in [-0.05, 0) is 42.1 Å². The number of piperidine rings is 1. The summed E-state index contributed by atoms with van der Waals surface area (Å²) in [6.45, 7) is 6.31. The Balaban J connectivity index is 1.65. The Kier molecular flexibility index (Phi) is 5.42. The number of hydrogen-bond donors (Lipinski definition) is 1. The summed E-state index contributed by atoms with van der Waals surface area (Å²) >= 11 is 0. The first kappa shape index (κ1) is 16.2. The Morgan fingerprint density at radius 3 is 2.48 bits per heavy atom. The van der Waals surface area contributed by atoms with E-state index in [4.69, 9.17) is 0 Å². The van der Waals surface area contributed by atoms with Gasteiger partial charge in [-0.3, -0.25) is 0 Å². The zero-order chi connectivity index (χ0) is 16.1. The highest BCUT2D eigenvalue weighted by molar-refractivity contribution is 5.22. The minimum Gasteiger partial charge on any atom is -0.309 e. The zero-order valence-corrected chi connectivity index (χ0v) is 13.7. The van der Waals surface area contributed by atoms with Crippen molar-refractivity contribution in [1.29, 1.82) is 0 Å². The van der Waals surface area contributed by atoms with E-state index in [0.717, 1.165) is 32.6 Å². The van der Waals surface area contributed by atoms with E-state index in [1.165, 1.54) is 11.1 Å². The van der Waals surface area contributed by atoms with E-state index in [9.17, 15) is 4.39 Å². The molecule has 3 heteroatoms. The first-order valence-corrected chi connectivity index (χ1v) is 8.49. The van der Waals surface area contributed by atoms with E-state index in [2.05, 4.69) is 41.4 Å². The second-order valence-corrected chi connectivity index (χ2v) is 6.40. The van der Waals surface area contributed by atoms with Crippen molar-refractivity contribution in [3.05, 3.63) is 71.5 Å². The predicted molar refractivity (Wildman–Crippen MR) is 92.9 cm³/mol. The Bertz CT molecular complexity index is 597. The molecule has 122 valence electrons. The third kappa shape index (κ3) is 4.40. The van der Waals surface area contributed by atoms with E-state index in [1.807, 2.05) is 18.2 Å². The highest BCUT2D eigenvalue weighted by Crippen LogP contribution is 2.27. The van der Waals surface area contributed by atoms with Gasteiger partial charge in [0.2, 0.25) is 0 Å². The molecule has 0 radical (unpaired) electrons. The van der Waals surface area contributed by atoms with Crippen molar-refractivity contribution in [1.82, 2.24) is 10.2 Å². The van der Waals surface area contributed by atoms with E-state index in [-0.39, 0.29) is 5.82 Å². The van der Waals surface area contributed by atoms with E-state index >= 15 is 0 Å². The summed E-state index contributed by atoms with van der Waals surface area (Å²) in [6.07, 6.45) is 1.11. The molecule has 2 atom stereocenters. The quantitative estimate of drug-likeness (QED) is 0.903. The molecule has 0 aliphatic carbocycles. The van der Waals surface area contributed by atoms with Crippen LogP contribution >= 0.6 is 0 Å². The first-order chi connectivity index (χ1) is 11.2. The fourth-order valence-electron chi connectivity index (χ4n) is 3.43. The maximum atomic E-state index is 13.2. The predicted octanol–water partition coefficient (Wildman–Crippen LogP) is 3.79. The van der Waals surface area contributed by atoms with E-state index < -0.39 is 0 Å². The van der Waals surface area contributed by atoms with Gasteiger partial charge in [0.05, 0.1) is 0 Å². The molecule has 2 unspecified atom stereocenters. The van der Waals surface area contributed by atoms with Crippen LogP contribution in [0.4, 0.5) is 4.39 Å². The molecular formula is C20H25FN2. The summed E-state index contributed by atoms with van der Waals surface area (Å²) in [5, 5.41) is 3.70. The molecule has 0 bridgehead atoms. The van der Waals surface area contributed by atoms with Crippen LogP contribution in [0.15, 0.2) is 54.6 Å². The smallest absolute Gasteiger partial charge is 0.123 e. The van der Waals surface area contributed by atoms with Crippen molar-refractivity contribution < 1.29 is 4.39 Å². The normalized spacial score (nSPS) is 22.2. The lowest BCUT2D eigenvalue weighted by Gasteiger charge is -2.38. The third-order valence-electron chi connectivity index (χ3n) is 4.75. The lowest BCUT2D eigenvalue weighted by atomic mass is 9.88. The van der Waals surface area contributed by atoms with Crippen molar-refractivity contribution in [2.24, 2.45) is 0 Å². The van der Waals surface area contributed by atoms with Gasteiger partial charge in [-0.25, -0.2) is 4.39 Å². The van der Waals surface area contributed by atoms with Gasteiger partial charge in [-0.15, -0.1) is 0 Å². The molecule has 0 spiro atoms. The van der Waals surface area contributed by atoms with Crippen LogP contribution in [-0.4, -0.2) is 30.6 Å². The topological polar surface area (TPSA) is 15.3 Å². The number of benzene rings is 2. The standard InChI is InChI=1S/C20H25FN2/c1-2-23-14-18(17-8-10-19(21)11-9-17)12-20(15-23)22-13-16-6-4-3-5-7-16/h3-11,18,20,22H,2,12-15H2,1H3. The fourth-order valence-corrected chi connectivity index (χ4v) is 3.43. The Morgan fingerprint density at radius 1 is 1.04 bits per heavy atom. The second kappa shape index (κ2) is 7.71. The van der Waals surface area contributed by atoms with E-state index in [0.29, 0.717) is 12.0 Å². The van der Waals surface area contributed by atoms with Gasteiger partial charge in [-0.2, -0.15) is 0 Å². The zero-order valence-electron chi connectivity index (χ0n) is 13.7. The van der Waals surface area contributed by atoms with E-state index in [1.54, 1.807) is 12.1 Å². The molecule has 0 saturated carbocycles. The third-order valence-corrected chi connectivity index (χ3v) is 4.75. The molecule has 1 aliphatic heterocycles. The number of likely N-dealkylation sites (N-methyl/N-ethyl adjacent to an activating group) is 1. The molecule has 2 aromatic carbocycles. The van der Waals surface area contributed by atoms with Gasteiger partial charge in [0, 0.05) is 25.7 Å². The van der Waals surface area contributed by atoms with Crippen LogP contribution in [0, 0.1) is 5.82 Å². The number of halogens is 1. The maximum Gasteiger partial charge on any atom is 0.123 e. The molecule has 23 heavy (non-hydrogen) atoms. The molecule has 1 aliphatic rings. The van der Waals surface area contributed by atoms with Crippen LogP contribution in [0.5, 0.6) is 0 Å². The second-order valence-electron chi connectivity index (χ2n) is 6.40. The van der Waals surface area contributed by atoms with Crippen molar-refractivity contribution in [2.45, 2.75) is 31.8 Å². The van der Waals surface area contributed by atoms with Crippen LogP contribution in [-0.2, 0) is 6.54 Å². The van der Waals surface area contributed by atoms with Gasteiger partial charge in [0.25, 0.3) is 0 Å². The molecule has 1 heterocycles. The maximum absolute atomic E-state index is 13.2. The van der Waals surface area contributed by atoms with Crippen molar-refractivity contribution in [3.8, 4) is 0 Å². The average molecular weight is 312 g/mol. The monoisotopic (exact) mass is 312 g/mol. The molecule has 2 nitrogen and oxygen atoms in total. The van der Waals surface area contributed by atoms with Gasteiger partial charge < -0.3 is 10.2 Å². The fraction of sp³-hybridized carbons (Fsp3) is 0.400. The molecule has 0 aromatic heterocycles. The number of rotatable bonds is 5. The highest BCUT2D eigenvalue weighted by Gasteiger charge is 2.27. The van der Waals surface area contributed by atoms with Crippen LogP contribution in [0.25, 0.3) is 0 Å². The van der Waals surface area contributed by atoms with Gasteiger partial charge in [0.15, 0.2) is 0 Å². The summed E-state index contributed by atoms with van der Waals surface area (Å²) in [7, 11) is 0. The lowest BCUT2D eigenvalue weighted by molar-refractivity contribution is 0.178. The first-order valence-electron chi connectivity index (χ1n) is 8.49. The summed E-state index contributed by atoms with van der Waals surface area (Å²) in [6, 6.07) is 18.0. The molecule has 2 aromatic rings. The largest absolute Gasteiger partial charge is 0.309 e. The molecular weight excluding hydrogens is 287 g/mol. The molecule has 0 amide bonds. The number of hydrogen-bond acceptors (Lipinski definition) is 2. The van der Waals surface area contributed by atoms with Crippen molar-refractivity contribution in [3.63, 3.8) is 0 Å². The van der Waals surface area contributed by atoms with Crippen LogP contribution in [0.3, 0.4) is 0 Å². The Morgan fingerprint density at radius 2 is 1.78 bits per heavy atom. The molecule has 1 fully saturated rings. The summed E-state index contributed by atoms with van der Waals surface area (Å²) in [5.41, 5.74) is 2.57. The number of likely N-dealkylation sites (tertiary alicyclic amines) is 1. The van der Waals surface area contributed by atoms with Crippen LogP contribution in [0.2, 0.25) is 0 Å². The van der Waals surface area contributed by atoms with Crippen molar-refractivity contribution >= 4 is 0 Å². The van der Waals surface area contributed by atoms with Crippen LogP contribution < -0.4 is 5.32 Å². The molecule has 3 rings (SSSR count). The van der Waals surface area contributed by atoms with Crippen molar-refractivity contribution in [2.75, 3.05) is 19.6 Å². The van der Waals surface area contributed by atoms with Gasteiger partial charge >= 0.3 is 0 Å². The summed E-state index contributed by atoms with van der Waals surface area (Å²) in [4.78, 5) is 2.49. The summed E-state index contributed by atoms with van der Waals surface area (Å²) < 4.78 is 13.2. The lowest BCUT2D eigenvalue weighted by Crippen LogP contribution is -2.48. The Hall–Kier alpha value is -1.71. The minimum absolute atomic E-state index is 0.157. The SMILES string of the molecule is CCN1CC(NCc2ccccc2)CC(c2ccc(F)cc2)C1. The number of nitrogens with zero attached hydrogens (tertiary/aromatic N) is 1.